The average molecular weight is 218 g/mol. The van der Waals surface area contributed by atoms with Crippen molar-refractivity contribution in [2.24, 2.45) is 5.92 Å². The summed E-state index contributed by atoms with van der Waals surface area (Å²) in [5.74, 6) is 0.767. The molecule has 0 heterocycles. The molecule has 0 N–H and O–H groups in total. The van der Waals surface area contributed by atoms with Crippen LogP contribution >= 0.6 is 0 Å². The molecule has 1 aromatic carbocycles. The van der Waals surface area contributed by atoms with Gasteiger partial charge in [0.25, 0.3) is 0 Å². The maximum absolute atomic E-state index is 12.1. The normalized spacial score (nSPS) is 12.6. The molecule has 0 saturated carbocycles. The highest BCUT2D eigenvalue weighted by Gasteiger charge is 2.13. The highest BCUT2D eigenvalue weighted by atomic mass is 16.1. The molecule has 88 valence electrons. The maximum Gasteiger partial charge on any atom is 0.163 e. The third kappa shape index (κ3) is 2.94. The van der Waals surface area contributed by atoms with E-state index in [4.69, 9.17) is 0 Å². The van der Waals surface area contributed by atoms with Crippen LogP contribution in [0.3, 0.4) is 0 Å². The predicted molar refractivity (Wildman–Crippen MR) is 69.1 cm³/mol. The summed E-state index contributed by atoms with van der Waals surface area (Å²) in [5, 5.41) is 0. The van der Waals surface area contributed by atoms with Crippen molar-refractivity contribution in [2.45, 2.75) is 47.5 Å². The molecule has 1 nitrogen and oxygen atoms in total. The number of Topliss-reactive ketones (excluding diaryl/α,β-unsaturated/α-hetero) is 1. The molecule has 1 rings (SSSR count). The topological polar surface area (TPSA) is 17.1 Å². The monoisotopic (exact) mass is 218 g/mol. The fourth-order valence-electron chi connectivity index (χ4n) is 1.83. The zero-order valence-corrected chi connectivity index (χ0v) is 11.1. The Morgan fingerprint density at radius 1 is 1.12 bits per heavy atom. The van der Waals surface area contributed by atoms with E-state index in [0.717, 1.165) is 17.5 Å². The van der Waals surface area contributed by atoms with Crippen LogP contribution in [0, 0.1) is 26.7 Å². The molecule has 0 amide bonds. The quantitative estimate of drug-likeness (QED) is 0.691. The van der Waals surface area contributed by atoms with Crippen LogP contribution < -0.4 is 0 Å². The van der Waals surface area contributed by atoms with Gasteiger partial charge in [0.1, 0.15) is 0 Å². The molecule has 1 atom stereocenters. The van der Waals surface area contributed by atoms with E-state index in [9.17, 15) is 4.79 Å². The molecule has 1 unspecified atom stereocenters. The molecule has 0 aromatic heterocycles. The number of ketones is 1. The van der Waals surface area contributed by atoms with Gasteiger partial charge in [-0.2, -0.15) is 0 Å². The Morgan fingerprint density at radius 3 is 2.25 bits per heavy atom. The number of carbonyl (C=O) groups excluding carboxylic acids is 1. The lowest BCUT2D eigenvalue weighted by atomic mass is 9.93. The van der Waals surface area contributed by atoms with Crippen LogP contribution in [0.1, 0.15) is 53.7 Å². The van der Waals surface area contributed by atoms with E-state index < -0.39 is 0 Å². The summed E-state index contributed by atoms with van der Waals surface area (Å²) >= 11 is 0. The van der Waals surface area contributed by atoms with Crippen molar-refractivity contribution >= 4 is 5.78 Å². The van der Waals surface area contributed by atoms with Crippen molar-refractivity contribution in [1.82, 2.24) is 0 Å². The van der Waals surface area contributed by atoms with Gasteiger partial charge < -0.3 is 0 Å². The molecular formula is C15H22O. The largest absolute Gasteiger partial charge is 0.294 e. The number of hydrogen-bond acceptors (Lipinski definition) is 1. The van der Waals surface area contributed by atoms with E-state index in [1.807, 2.05) is 13.0 Å². The number of rotatable bonds is 4. The first-order valence-corrected chi connectivity index (χ1v) is 6.06. The molecule has 0 radical (unpaired) electrons. The van der Waals surface area contributed by atoms with Crippen LogP contribution in [0.2, 0.25) is 0 Å². The molecular weight excluding hydrogens is 196 g/mol. The fourth-order valence-corrected chi connectivity index (χ4v) is 1.83. The molecule has 0 aliphatic carbocycles. The standard InChI is InChI=1S/C15H22O/c1-6-10(2)7-15(16)14-9-12(4)11(3)8-13(14)5/h8-10H,6-7H2,1-5H3. The van der Waals surface area contributed by atoms with E-state index in [2.05, 4.69) is 33.8 Å². The van der Waals surface area contributed by atoms with Gasteiger partial charge in [0.15, 0.2) is 5.78 Å². The van der Waals surface area contributed by atoms with E-state index in [1.165, 1.54) is 11.1 Å². The summed E-state index contributed by atoms with van der Waals surface area (Å²) in [6.07, 6.45) is 1.73. The minimum Gasteiger partial charge on any atom is -0.294 e. The Balaban J connectivity index is 2.96. The molecule has 1 heteroatoms. The Bertz CT molecular complexity index is 391. The van der Waals surface area contributed by atoms with Gasteiger partial charge in [0.05, 0.1) is 0 Å². The number of carbonyl (C=O) groups is 1. The zero-order chi connectivity index (χ0) is 12.3. The first kappa shape index (κ1) is 13.0. The molecule has 0 saturated heterocycles. The van der Waals surface area contributed by atoms with Crippen LogP contribution in [0.25, 0.3) is 0 Å². The van der Waals surface area contributed by atoms with E-state index in [0.29, 0.717) is 12.3 Å². The second-order valence-electron chi connectivity index (χ2n) is 4.89. The third-order valence-corrected chi connectivity index (χ3v) is 3.37. The van der Waals surface area contributed by atoms with Crippen LogP contribution in [0.4, 0.5) is 0 Å². The molecule has 0 spiro atoms. The Hall–Kier alpha value is -1.11. The average Bonchev–Trinajstić information content (AvgIpc) is 2.23. The van der Waals surface area contributed by atoms with Crippen LogP contribution in [-0.2, 0) is 0 Å². The smallest absolute Gasteiger partial charge is 0.163 e. The second-order valence-corrected chi connectivity index (χ2v) is 4.89. The zero-order valence-electron chi connectivity index (χ0n) is 11.1. The Labute approximate surface area is 98.9 Å². The summed E-state index contributed by atoms with van der Waals surface area (Å²) in [7, 11) is 0. The van der Waals surface area contributed by atoms with E-state index in [-0.39, 0.29) is 5.78 Å². The number of benzene rings is 1. The second kappa shape index (κ2) is 5.29. The molecule has 0 fully saturated rings. The van der Waals surface area contributed by atoms with Crippen molar-refractivity contribution in [3.63, 3.8) is 0 Å². The third-order valence-electron chi connectivity index (χ3n) is 3.37. The van der Waals surface area contributed by atoms with Gasteiger partial charge >= 0.3 is 0 Å². The van der Waals surface area contributed by atoms with E-state index >= 15 is 0 Å². The first-order chi connectivity index (χ1) is 7.45. The van der Waals surface area contributed by atoms with Gasteiger partial charge in [-0.3, -0.25) is 4.79 Å². The van der Waals surface area contributed by atoms with Gasteiger partial charge in [-0.15, -0.1) is 0 Å². The molecule has 16 heavy (non-hydrogen) atoms. The highest BCUT2D eigenvalue weighted by Crippen LogP contribution is 2.19. The van der Waals surface area contributed by atoms with Gasteiger partial charge in [-0.25, -0.2) is 0 Å². The van der Waals surface area contributed by atoms with Gasteiger partial charge in [-0.05, 0) is 49.4 Å². The molecule has 0 aliphatic rings. The number of hydrogen-bond donors (Lipinski definition) is 0. The van der Waals surface area contributed by atoms with Crippen LogP contribution in [0.15, 0.2) is 12.1 Å². The molecule has 0 aliphatic heterocycles. The van der Waals surface area contributed by atoms with Gasteiger partial charge in [0.2, 0.25) is 0 Å². The van der Waals surface area contributed by atoms with Crippen LogP contribution in [0.5, 0.6) is 0 Å². The summed E-state index contributed by atoms with van der Waals surface area (Å²) in [5.41, 5.74) is 4.48. The summed E-state index contributed by atoms with van der Waals surface area (Å²) in [6, 6.07) is 4.15. The lowest BCUT2D eigenvalue weighted by molar-refractivity contribution is 0.0963. The van der Waals surface area contributed by atoms with E-state index in [1.54, 1.807) is 0 Å². The maximum atomic E-state index is 12.1. The van der Waals surface area contributed by atoms with Gasteiger partial charge in [0, 0.05) is 12.0 Å². The van der Waals surface area contributed by atoms with Crippen molar-refractivity contribution in [3.05, 3.63) is 34.4 Å². The van der Waals surface area contributed by atoms with Crippen molar-refractivity contribution in [2.75, 3.05) is 0 Å². The van der Waals surface area contributed by atoms with Crippen LogP contribution in [-0.4, -0.2) is 5.78 Å². The molecule has 1 aromatic rings. The predicted octanol–water partition coefficient (Wildman–Crippen LogP) is 4.23. The van der Waals surface area contributed by atoms with Crippen molar-refractivity contribution < 1.29 is 4.79 Å². The van der Waals surface area contributed by atoms with Gasteiger partial charge in [-0.1, -0.05) is 26.3 Å². The SMILES string of the molecule is CCC(C)CC(=O)c1cc(C)c(C)cc1C. The Kier molecular flexibility index (Phi) is 4.28. The summed E-state index contributed by atoms with van der Waals surface area (Å²) in [6.45, 7) is 10.4. The Morgan fingerprint density at radius 2 is 1.69 bits per heavy atom. The fraction of sp³-hybridized carbons (Fsp3) is 0.533. The first-order valence-electron chi connectivity index (χ1n) is 6.06. The van der Waals surface area contributed by atoms with Crippen molar-refractivity contribution in [1.29, 1.82) is 0 Å². The minimum atomic E-state index is 0.287. The summed E-state index contributed by atoms with van der Waals surface area (Å²) < 4.78 is 0. The minimum absolute atomic E-state index is 0.287. The lowest BCUT2D eigenvalue weighted by Gasteiger charge is -2.11. The number of aryl methyl sites for hydroxylation is 3. The van der Waals surface area contributed by atoms with Crippen molar-refractivity contribution in [3.8, 4) is 0 Å². The lowest BCUT2D eigenvalue weighted by Crippen LogP contribution is -2.07. The highest BCUT2D eigenvalue weighted by molar-refractivity contribution is 5.97. The molecule has 0 bridgehead atoms. The summed E-state index contributed by atoms with van der Waals surface area (Å²) in [4.78, 5) is 12.1.